The number of nitrogens with one attached hydrogen (secondary N) is 1. The maximum absolute atomic E-state index is 12.9. The van der Waals surface area contributed by atoms with Gasteiger partial charge in [0.15, 0.2) is 0 Å². The van der Waals surface area contributed by atoms with E-state index in [1.165, 1.54) is 16.4 Å². The first-order valence-corrected chi connectivity index (χ1v) is 11.3. The van der Waals surface area contributed by atoms with E-state index in [0.717, 1.165) is 5.56 Å². The number of anilines is 1. The average Bonchev–Trinajstić information content (AvgIpc) is 2.64. The largest absolute Gasteiger partial charge is 0.326 e. The van der Waals surface area contributed by atoms with Crippen molar-refractivity contribution in [2.75, 3.05) is 18.4 Å². The third-order valence-electron chi connectivity index (χ3n) is 4.78. The zero-order valence-corrected chi connectivity index (χ0v) is 18.2. The summed E-state index contributed by atoms with van der Waals surface area (Å²) in [6, 6.07) is 9.91. The average molecular weight is 462 g/mol. The number of rotatable bonds is 4. The molecule has 150 valence electrons. The van der Waals surface area contributed by atoms with Crippen LogP contribution in [0.3, 0.4) is 0 Å². The fourth-order valence-electron chi connectivity index (χ4n) is 3.13. The fourth-order valence-corrected chi connectivity index (χ4v) is 5.87. The van der Waals surface area contributed by atoms with Gasteiger partial charge in [0.2, 0.25) is 15.9 Å². The second-order valence-electron chi connectivity index (χ2n) is 6.68. The summed E-state index contributed by atoms with van der Waals surface area (Å²) in [6.07, 6.45) is 0.819. The molecule has 0 spiro atoms. The number of halogens is 3. The van der Waals surface area contributed by atoms with Crippen molar-refractivity contribution < 1.29 is 13.2 Å². The minimum absolute atomic E-state index is 0.0867. The quantitative estimate of drug-likeness (QED) is 0.697. The normalized spacial score (nSPS) is 16.1. The van der Waals surface area contributed by atoms with Crippen LogP contribution in [0.25, 0.3) is 0 Å². The Morgan fingerprint density at radius 3 is 2.21 bits per heavy atom. The summed E-state index contributed by atoms with van der Waals surface area (Å²) in [4.78, 5) is 12.4. The lowest BCUT2D eigenvalue weighted by Crippen LogP contribution is -2.41. The summed E-state index contributed by atoms with van der Waals surface area (Å²) in [5.41, 5.74) is 1.55. The molecule has 0 radical (unpaired) electrons. The van der Waals surface area contributed by atoms with Crippen LogP contribution in [0.4, 0.5) is 5.69 Å². The summed E-state index contributed by atoms with van der Waals surface area (Å²) < 4.78 is 27.1. The predicted octanol–water partition coefficient (Wildman–Crippen LogP) is 4.99. The van der Waals surface area contributed by atoms with E-state index >= 15 is 0 Å². The third-order valence-corrected chi connectivity index (χ3v) is 8.04. The van der Waals surface area contributed by atoms with Crippen molar-refractivity contribution in [1.29, 1.82) is 0 Å². The molecule has 1 N–H and O–H groups in total. The van der Waals surface area contributed by atoms with E-state index in [4.69, 9.17) is 34.8 Å². The Kier molecular flexibility index (Phi) is 6.57. The van der Waals surface area contributed by atoms with Gasteiger partial charge < -0.3 is 5.32 Å². The molecule has 2 aromatic rings. The molecule has 0 unspecified atom stereocenters. The van der Waals surface area contributed by atoms with Gasteiger partial charge in [0.1, 0.15) is 4.90 Å². The van der Waals surface area contributed by atoms with Crippen LogP contribution in [0.2, 0.25) is 15.1 Å². The van der Waals surface area contributed by atoms with Crippen molar-refractivity contribution in [2.24, 2.45) is 5.92 Å². The van der Waals surface area contributed by atoms with Gasteiger partial charge >= 0.3 is 0 Å². The molecular formula is C19H19Cl3N2O3S. The van der Waals surface area contributed by atoms with E-state index in [-0.39, 0.29) is 39.9 Å². The highest BCUT2D eigenvalue weighted by Gasteiger charge is 2.34. The Morgan fingerprint density at radius 2 is 1.64 bits per heavy atom. The van der Waals surface area contributed by atoms with Crippen LogP contribution in [0, 0.1) is 12.8 Å². The monoisotopic (exact) mass is 460 g/mol. The van der Waals surface area contributed by atoms with E-state index in [2.05, 4.69) is 5.32 Å². The molecule has 1 fully saturated rings. The number of nitrogens with zero attached hydrogens (tertiary/aromatic N) is 1. The molecule has 0 aliphatic carbocycles. The van der Waals surface area contributed by atoms with Crippen LogP contribution < -0.4 is 5.32 Å². The van der Waals surface area contributed by atoms with Crippen LogP contribution in [-0.2, 0) is 14.8 Å². The lowest BCUT2D eigenvalue weighted by atomic mass is 9.97. The molecule has 28 heavy (non-hydrogen) atoms. The topological polar surface area (TPSA) is 66.5 Å². The standard InChI is InChI=1S/C19H19Cl3N2O3S/c1-12-5-6-14(11-17(12)22)23-19(25)13-7-9-24(10-8-13)28(26,27)18-15(20)3-2-4-16(18)21/h2-6,11,13H,7-10H2,1H3,(H,23,25). The third kappa shape index (κ3) is 4.47. The summed E-state index contributed by atoms with van der Waals surface area (Å²) in [6.45, 7) is 2.32. The van der Waals surface area contributed by atoms with Crippen molar-refractivity contribution in [3.05, 3.63) is 57.0 Å². The smallest absolute Gasteiger partial charge is 0.246 e. The highest BCUT2D eigenvalue weighted by atomic mass is 35.5. The fraction of sp³-hybridized carbons (Fsp3) is 0.316. The molecule has 0 aromatic heterocycles. The van der Waals surface area contributed by atoms with Gasteiger partial charge in [0, 0.05) is 29.7 Å². The molecule has 2 aromatic carbocycles. The molecule has 1 aliphatic heterocycles. The number of hydrogen-bond acceptors (Lipinski definition) is 3. The molecule has 0 saturated carbocycles. The lowest BCUT2D eigenvalue weighted by Gasteiger charge is -2.31. The van der Waals surface area contributed by atoms with Gasteiger partial charge in [-0.3, -0.25) is 4.79 Å². The Balaban J connectivity index is 1.67. The number of hydrogen-bond donors (Lipinski definition) is 1. The highest BCUT2D eigenvalue weighted by molar-refractivity contribution is 7.89. The molecule has 9 heteroatoms. The highest BCUT2D eigenvalue weighted by Crippen LogP contribution is 2.33. The molecule has 3 rings (SSSR count). The Hall–Kier alpha value is -1.31. The number of carbonyl (C=O) groups excluding carboxylic acids is 1. The zero-order chi connectivity index (χ0) is 20.5. The van der Waals surface area contributed by atoms with Crippen LogP contribution in [0.15, 0.2) is 41.3 Å². The van der Waals surface area contributed by atoms with Gasteiger partial charge in [0.25, 0.3) is 0 Å². The van der Waals surface area contributed by atoms with Crippen LogP contribution in [0.5, 0.6) is 0 Å². The minimum Gasteiger partial charge on any atom is -0.326 e. The predicted molar refractivity (Wildman–Crippen MR) is 113 cm³/mol. The summed E-state index contributed by atoms with van der Waals surface area (Å²) >= 11 is 18.2. The maximum atomic E-state index is 12.9. The van der Waals surface area contributed by atoms with Crippen molar-refractivity contribution in [3.8, 4) is 0 Å². The maximum Gasteiger partial charge on any atom is 0.246 e. The van der Waals surface area contributed by atoms with E-state index in [1.54, 1.807) is 18.2 Å². The van der Waals surface area contributed by atoms with Gasteiger partial charge in [-0.25, -0.2) is 8.42 Å². The van der Waals surface area contributed by atoms with Gasteiger partial charge in [-0.1, -0.05) is 46.9 Å². The number of sulfonamides is 1. The van der Waals surface area contributed by atoms with E-state index in [0.29, 0.717) is 23.6 Å². The van der Waals surface area contributed by atoms with Crippen molar-refractivity contribution in [1.82, 2.24) is 4.31 Å². The molecule has 1 amide bonds. The first kappa shape index (κ1) is 21.4. The SMILES string of the molecule is Cc1ccc(NC(=O)C2CCN(S(=O)(=O)c3c(Cl)cccc3Cl)CC2)cc1Cl. The van der Waals surface area contributed by atoms with Crippen LogP contribution >= 0.6 is 34.8 Å². The van der Waals surface area contributed by atoms with Gasteiger partial charge in [-0.15, -0.1) is 0 Å². The van der Waals surface area contributed by atoms with E-state index < -0.39 is 10.0 Å². The number of aryl methyl sites for hydroxylation is 1. The molecule has 1 heterocycles. The molecule has 0 atom stereocenters. The van der Waals surface area contributed by atoms with Gasteiger partial charge in [-0.05, 0) is 49.6 Å². The molecule has 1 aliphatic rings. The van der Waals surface area contributed by atoms with Crippen LogP contribution in [-0.4, -0.2) is 31.7 Å². The van der Waals surface area contributed by atoms with E-state index in [1.807, 2.05) is 13.0 Å². The Morgan fingerprint density at radius 1 is 1.04 bits per heavy atom. The Bertz CT molecular complexity index is 983. The minimum atomic E-state index is -3.82. The number of carbonyl (C=O) groups is 1. The van der Waals surface area contributed by atoms with Gasteiger partial charge in [0.05, 0.1) is 10.0 Å². The molecular weight excluding hydrogens is 443 g/mol. The Labute approximate surface area is 179 Å². The summed E-state index contributed by atoms with van der Waals surface area (Å²) in [7, 11) is -3.82. The van der Waals surface area contributed by atoms with Crippen LogP contribution in [0.1, 0.15) is 18.4 Å². The second kappa shape index (κ2) is 8.59. The van der Waals surface area contributed by atoms with Gasteiger partial charge in [-0.2, -0.15) is 4.31 Å². The first-order valence-electron chi connectivity index (χ1n) is 8.71. The molecule has 0 bridgehead atoms. The molecule has 5 nitrogen and oxygen atoms in total. The summed E-state index contributed by atoms with van der Waals surface area (Å²) in [5.74, 6) is -0.430. The lowest BCUT2D eigenvalue weighted by molar-refractivity contribution is -0.120. The summed E-state index contributed by atoms with van der Waals surface area (Å²) in [5, 5.41) is 3.60. The number of piperidine rings is 1. The number of benzene rings is 2. The van der Waals surface area contributed by atoms with Crippen molar-refractivity contribution >= 4 is 56.4 Å². The van der Waals surface area contributed by atoms with Crippen molar-refractivity contribution in [2.45, 2.75) is 24.7 Å². The second-order valence-corrected chi connectivity index (χ2v) is 9.78. The van der Waals surface area contributed by atoms with Crippen molar-refractivity contribution in [3.63, 3.8) is 0 Å². The van der Waals surface area contributed by atoms with E-state index in [9.17, 15) is 13.2 Å². The first-order chi connectivity index (χ1) is 13.2. The molecule has 1 saturated heterocycles. The zero-order valence-electron chi connectivity index (χ0n) is 15.1. The number of amides is 1.